The second-order valence-corrected chi connectivity index (χ2v) is 5.48. The molecule has 3 nitrogen and oxygen atoms in total. The van der Waals surface area contributed by atoms with Crippen molar-refractivity contribution in [3.63, 3.8) is 0 Å². The molecule has 0 aliphatic carbocycles. The summed E-state index contributed by atoms with van der Waals surface area (Å²) < 4.78 is 5.28. The van der Waals surface area contributed by atoms with Gasteiger partial charge in [-0.15, -0.1) is 11.3 Å². The molecular weight excluding hydrogens is 244 g/mol. The third kappa shape index (κ3) is 2.02. The Kier molecular flexibility index (Phi) is 3.06. The molecule has 0 atom stereocenters. The van der Waals surface area contributed by atoms with Crippen LogP contribution in [0, 0.1) is 6.92 Å². The van der Waals surface area contributed by atoms with Crippen molar-refractivity contribution in [2.75, 3.05) is 20.2 Å². The average molecular weight is 260 g/mol. The number of thiazole rings is 1. The van der Waals surface area contributed by atoms with E-state index in [9.17, 15) is 0 Å². The fourth-order valence-corrected chi connectivity index (χ4v) is 3.01. The molecule has 0 spiro atoms. The molecule has 3 rings (SSSR count). The zero-order valence-corrected chi connectivity index (χ0v) is 11.4. The number of nitrogens with one attached hydrogen (secondary N) is 1. The summed E-state index contributed by atoms with van der Waals surface area (Å²) in [7, 11) is 1.70. The van der Waals surface area contributed by atoms with Crippen molar-refractivity contribution in [3.05, 3.63) is 34.8 Å². The fourth-order valence-electron chi connectivity index (χ4n) is 2.12. The standard InChI is InChI=1S/C14H16N2OS/c1-9-5-10(3-4-13(9)17-2)14-16-12(8-18-14)11-6-15-7-11/h3-5,8,11,15H,6-7H2,1-2H3. The highest BCUT2D eigenvalue weighted by Crippen LogP contribution is 2.31. The van der Waals surface area contributed by atoms with E-state index in [1.807, 2.05) is 6.07 Å². The molecule has 0 amide bonds. The second kappa shape index (κ2) is 4.71. The number of aromatic nitrogens is 1. The molecule has 0 saturated carbocycles. The molecular formula is C14H16N2OS. The third-order valence-electron chi connectivity index (χ3n) is 3.36. The van der Waals surface area contributed by atoms with Gasteiger partial charge in [0.15, 0.2) is 0 Å². The van der Waals surface area contributed by atoms with Crippen LogP contribution in [0.25, 0.3) is 10.6 Å². The van der Waals surface area contributed by atoms with E-state index in [1.165, 1.54) is 11.3 Å². The molecule has 2 heterocycles. The van der Waals surface area contributed by atoms with Crippen LogP contribution < -0.4 is 10.1 Å². The van der Waals surface area contributed by atoms with E-state index in [-0.39, 0.29) is 0 Å². The summed E-state index contributed by atoms with van der Waals surface area (Å²) in [5, 5.41) is 6.56. The Morgan fingerprint density at radius 1 is 1.39 bits per heavy atom. The lowest BCUT2D eigenvalue weighted by atomic mass is 10.0. The van der Waals surface area contributed by atoms with Crippen molar-refractivity contribution in [3.8, 4) is 16.3 Å². The topological polar surface area (TPSA) is 34.1 Å². The zero-order chi connectivity index (χ0) is 12.5. The predicted molar refractivity (Wildman–Crippen MR) is 74.4 cm³/mol. The first-order chi connectivity index (χ1) is 8.78. The molecule has 18 heavy (non-hydrogen) atoms. The van der Waals surface area contributed by atoms with Crippen LogP contribution in [0.15, 0.2) is 23.6 Å². The fraction of sp³-hybridized carbons (Fsp3) is 0.357. The van der Waals surface area contributed by atoms with Gasteiger partial charge in [-0.1, -0.05) is 0 Å². The Bertz CT molecular complexity index is 561. The average Bonchev–Trinajstić information content (AvgIpc) is 2.76. The van der Waals surface area contributed by atoms with Crippen LogP contribution in [0.1, 0.15) is 17.2 Å². The molecule has 0 radical (unpaired) electrons. The first-order valence-corrected chi connectivity index (χ1v) is 6.97. The normalized spacial score (nSPS) is 15.4. The molecule has 0 unspecified atom stereocenters. The monoisotopic (exact) mass is 260 g/mol. The van der Waals surface area contributed by atoms with E-state index < -0.39 is 0 Å². The summed E-state index contributed by atoms with van der Waals surface area (Å²) in [6.45, 7) is 4.18. The molecule has 1 aromatic carbocycles. The molecule has 1 N–H and O–H groups in total. The van der Waals surface area contributed by atoms with Gasteiger partial charge in [-0.2, -0.15) is 0 Å². The number of hydrogen-bond donors (Lipinski definition) is 1. The van der Waals surface area contributed by atoms with Gasteiger partial charge in [0.2, 0.25) is 0 Å². The number of nitrogens with zero attached hydrogens (tertiary/aromatic N) is 1. The highest BCUT2D eigenvalue weighted by molar-refractivity contribution is 7.13. The van der Waals surface area contributed by atoms with Crippen molar-refractivity contribution in [1.82, 2.24) is 10.3 Å². The Morgan fingerprint density at radius 2 is 2.22 bits per heavy atom. The Balaban J connectivity index is 1.89. The molecule has 1 aliphatic rings. The van der Waals surface area contributed by atoms with Gasteiger partial charge in [-0.25, -0.2) is 4.98 Å². The lowest BCUT2D eigenvalue weighted by Crippen LogP contribution is -2.40. The van der Waals surface area contributed by atoms with Crippen LogP contribution in [0.3, 0.4) is 0 Å². The number of methoxy groups -OCH3 is 1. The van der Waals surface area contributed by atoms with Gasteiger partial charge in [-0.3, -0.25) is 0 Å². The minimum Gasteiger partial charge on any atom is -0.496 e. The van der Waals surface area contributed by atoms with Crippen LogP contribution in [-0.2, 0) is 0 Å². The van der Waals surface area contributed by atoms with Crippen LogP contribution >= 0.6 is 11.3 Å². The Morgan fingerprint density at radius 3 is 2.83 bits per heavy atom. The highest BCUT2D eigenvalue weighted by atomic mass is 32.1. The van der Waals surface area contributed by atoms with Gasteiger partial charge in [0.1, 0.15) is 10.8 Å². The first kappa shape index (κ1) is 11.7. The molecule has 1 aromatic heterocycles. The van der Waals surface area contributed by atoms with E-state index in [4.69, 9.17) is 9.72 Å². The highest BCUT2D eigenvalue weighted by Gasteiger charge is 2.21. The smallest absolute Gasteiger partial charge is 0.123 e. The second-order valence-electron chi connectivity index (χ2n) is 4.62. The molecule has 1 aliphatic heterocycles. The Labute approximate surface area is 111 Å². The number of hydrogen-bond acceptors (Lipinski definition) is 4. The summed E-state index contributed by atoms with van der Waals surface area (Å²) >= 11 is 1.72. The van der Waals surface area contributed by atoms with E-state index in [2.05, 4.69) is 29.8 Å². The summed E-state index contributed by atoms with van der Waals surface area (Å²) in [5.74, 6) is 1.54. The van der Waals surface area contributed by atoms with Crippen molar-refractivity contribution in [2.24, 2.45) is 0 Å². The maximum Gasteiger partial charge on any atom is 0.123 e. The predicted octanol–water partition coefficient (Wildman–Crippen LogP) is 2.81. The first-order valence-electron chi connectivity index (χ1n) is 6.09. The van der Waals surface area contributed by atoms with E-state index in [1.54, 1.807) is 18.4 Å². The van der Waals surface area contributed by atoms with Crippen LogP contribution in [0.4, 0.5) is 0 Å². The molecule has 0 bridgehead atoms. The van der Waals surface area contributed by atoms with E-state index in [0.717, 1.165) is 29.4 Å². The summed E-state index contributed by atoms with van der Waals surface area (Å²) in [5.41, 5.74) is 3.55. The van der Waals surface area contributed by atoms with Crippen molar-refractivity contribution in [1.29, 1.82) is 0 Å². The third-order valence-corrected chi connectivity index (χ3v) is 4.27. The minimum absolute atomic E-state index is 0.606. The van der Waals surface area contributed by atoms with Gasteiger partial charge in [0.25, 0.3) is 0 Å². The number of rotatable bonds is 3. The quantitative estimate of drug-likeness (QED) is 0.921. The van der Waals surface area contributed by atoms with Crippen molar-refractivity contribution in [2.45, 2.75) is 12.8 Å². The van der Waals surface area contributed by atoms with Gasteiger partial charge in [0.05, 0.1) is 12.8 Å². The number of ether oxygens (including phenoxy) is 1. The van der Waals surface area contributed by atoms with Crippen LogP contribution in [-0.4, -0.2) is 25.2 Å². The van der Waals surface area contributed by atoms with Crippen molar-refractivity contribution < 1.29 is 4.74 Å². The lowest BCUT2D eigenvalue weighted by molar-refractivity contribution is 0.412. The largest absolute Gasteiger partial charge is 0.496 e. The van der Waals surface area contributed by atoms with Crippen LogP contribution in [0.5, 0.6) is 5.75 Å². The number of benzene rings is 1. The maximum absolute atomic E-state index is 5.28. The van der Waals surface area contributed by atoms with Crippen LogP contribution in [0.2, 0.25) is 0 Å². The van der Waals surface area contributed by atoms with Gasteiger partial charge in [-0.05, 0) is 30.7 Å². The van der Waals surface area contributed by atoms with E-state index >= 15 is 0 Å². The Hall–Kier alpha value is -1.39. The molecule has 2 aromatic rings. The molecule has 94 valence electrons. The SMILES string of the molecule is COc1ccc(-c2nc(C3CNC3)cs2)cc1C. The van der Waals surface area contributed by atoms with Gasteiger partial charge >= 0.3 is 0 Å². The van der Waals surface area contributed by atoms with E-state index in [0.29, 0.717) is 5.92 Å². The lowest BCUT2D eigenvalue weighted by Gasteiger charge is -2.25. The van der Waals surface area contributed by atoms with Crippen molar-refractivity contribution >= 4 is 11.3 Å². The minimum atomic E-state index is 0.606. The number of aryl methyl sites for hydroxylation is 1. The van der Waals surface area contributed by atoms with Gasteiger partial charge in [0, 0.05) is 30.0 Å². The summed E-state index contributed by atoms with van der Waals surface area (Å²) in [6, 6.07) is 6.23. The summed E-state index contributed by atoms with van der Waals surface area (Å²) in [6.07, 6.45) is 0. The molecule has 1 saturated heterocycles. The zero-order valence-electron chi connectivity index (χ0n) is 10.6. The molecule has 4 heteroatoms. The molecule has 1 fully saturated rings. The summed E-state index contributed by atoms with van der Waals surface area (Å²) in [4.78, 5) is 4.74. The van der Waals surface area contributed by atoms with Gasteiger partial charge < -0.3 is 10.1 Å². The maximum atomic E-state index is 5.28.